The standard InChI is InChI=1S/C27H34N8O2.C25H27N7O3.C23H25N9O2/c1-6-37-27(36)33-26-31-23-15-20(14-22(24(23)32-26)25-28-10-7-11-29-25)19-8-9-21(30-16-19)17-34(4)12-13-35(5)18(2)3;1-3-34-25(33)31-24-29-21-12-18(11-20(22(21)30-24)23-26-7-4-8-27-23)17-5-6-19(28-13-17)15-32-9-10-35-16(2)14-32;1-2-34-23(33)31-22-29-18-11-15(10-17(20(18)30-22)21-25-4-3-5-26-21)16-12-27-19(28-13-16)14-32-8-6-24-7-9-32/h7-11,14-16,18H,6,12-13,17H2,1-5H3,(H2,31,32,33,36);4-8,11-13,16H,3,9-10,14-15H2,1-2H3,(H2,29,30,31,33);3-5,10-13,24H,2,6-9,14H2,1H3,(H2,29,30,31,33). The summed E-state index contributed by atoms with van der Waals surface area (Å²) in [7, 11) is 4.26. The fraction of sp³-hybridized carbons (Fsp3) is 0.333. The molecule has 0 aliphatic carbocycles. The smallest absolute Gasteiger partial charge is 0.413 e. The third kappa shape index (κ3) is 19.5. The number of rotatable bonds is 22. The summed E-state index contributed by atoms with van der Waals surface area (Å²) in [5.74, 6) is 3.27. The summed E-state index contributed by atoms with van der Waals surface area (Å²) in [5.41, 5.74) is 13.9. The first-order chi connectivity index (χ1) is 51.6. The van der Waals surface area contributed by atoms with Gasteiger partial charge in [-0.15, -0.1) is 0 Å². The highest BCUT2D eigenvalue weighted by Gasteiger charge is 2.23. The molecule has 0 radical (unpaired) electrons. The Morgan fingerprint density at radius 2 is 0.943 bits per heavy atom. The van der Waals surface area contributed by atoms with Crippen LogP contribution in [0.25, 0.3) is 101 Å². The van der Waals surface area contributed by atoms with Gasteiger partial charge < -0.3 is 44.1 Å². The van der Waals surface area contributed by atoms with Gasteiger partial charge in [-0.1, -0.05) is 12.1 Å². The number of pyridine rings is 2. The molecule has 1 atom stereocenters. The number of imidazole rings is 3. The lowest BCUT2D eigenvalue weighted by atomic mass is 10.0. The monoisotopic (exact) mass is 1430 g/mol. The summed E-state index contributed by atoms with van der Waals surface area (Å²) in [4.78, 5) is 113. The lowest BCUT2D eigenvalue weighted by molar-refractivity contribution is -0.0215. The third-order valence-corrected chi connectivity index (χ3v) is 17.5. The molecule has 2 fully saturated rings. The van der Waals surface area contributed by atoms with Crippen LogP contribution in [0.1, 0.15) is 58.8 Å². The van der Waals surface area contributed by atoms with E-state index >= 15 is 0 Å². The van der Waals surface area contributed by atoms with Gasteiger partial charge in [0.2, 0.25) is 17.8 Å². The molecule has 3 amide bonds. The SMILES string of the molecule is CCOC(=O)Nc1nc2c(-c3ncccn3)cc(-c3ccc(CN(C)CCN(C)C(C)C)nc3)cc2[nH]1.CCOC(=O)Nc1nc2c(-c3ncccn3)cc(-c3ccc(CN4CCOC(C)C4)nc3)cc2[nH]1.CCOC(=O)Nc1nc2c(-c3ncccn3)cc(-c3cnc(CN4CCNCC4)nc3)cc2[nH]1. The Morgan fingerprint density at radius 3 is 1.35 bits per heavy atom. The van der Waals surface area contributed by atoms with Gasteiger partial charge in [0.1, 0.15) is 22.4 Å². The minimum atomic E-state index is -0.576. The summed E-state index contributed by atoms with van der Waals surface area (Å²) in [6.07, 6.45) is 16.1. The van der Waals surface area contributed by atoms with Gasteiger partial charge in [0.15, 0.2) is 17.5 Å². The van der Waals surface area contributed by atoms with Gasteiger partial charge in [0.25, 0.3) is 0 Å². The number of hydrogen-bond acceptors (Lipinski definition) is 25. The summed E-state index contributed by atoms with van der Waals surface area (Å²) >= 11 is 0. The van der Waals surface area contributed by atoms with Gasteiger partial charge >= 0.3 is 18.3 Å². The summed E-state index contributed by atoms with van der Waals surface area (Å²) in [6, 6.07) is 25.9. The molecular weight excluding hydrogens is 1350 g/mol. The molecule has 0 spiro atoms. The first-order valence-electron chi connectivity index (χ1n) is 35.2. The van der Waals surface area contributed by atoms with Crippen molar-refractivity contribution in [2.24, 2.45) is 0 Å². The number of ether oxygens (including phenoxy) is 4. The van der Waals surface area contributed by atoms with E-state index < -0.39 is 18.3 Å². The number of likely N-dealkylation sites (N-methyl/N-ethyl adjacent to an activating group) is 2. The Morgan fingerprint density at radius 1 is 0.519 bits per heavy atom. The average Bonchev–Trinajstić information content (AvgIpc) is 1.57. The van der Waals surface area contributed by atoms with Gasteiger partial charge in [-0.3, -0.25) is 40.6 Å². The van der Waals surface area contributed by atoms with Crippen LogP contribution in [0.2, 0.25) is 0 Å². The largest absolute Gasteiger partial charge is 0.450 e. The molecule has 0 bridgehead atoms. The number of aromatic amines is 3. The number of morpholine rings is 1. The number of piperazine rings is 1. The number of benzene rings is 3. The second kappa shape index (κ2) is 35.6. The van der Waals surface area contributed by atoms with Gasteiger partial charge in [-0.25, -0.2) is 69.2 Å². The first-order valence-corrected chi connectivity index (χ1v) is 35.2. The zero-order valence-electron chi connectivity index (χ0n) is 60.5. The van der Waals surface area contributed by atoms with E-state index in [9.17, 15) is 14.4 Å². The minimum absolute atomic E-state index is 0.242. The van der Waals surface area contributed by atoms with E-state index in [1.54, 1.807) is 76.2 Å². The van der Waals surface area contributed by atoms with Crippen LogP contribution in [0.5, 0.6) is 0 Å². The molecular formula is C75H86N24O7. The van der Waals surface area contributed by atoms with Crippen LogP contribution >= 0.6 is 0 Å². The number of fused-ring (bicyclic) bond motifs is 3. The van der Waals surface area contributed by atoms with Crippen LogP contribution in [0.4, 0.5) is 32.2 Å². The molecule has 1 unspecified atom stereocenters. The van der Waals surface area contributed by atoms with Crippen molar-refractivity contribution in [3.05, 3.63) is 158 Å². The van der Waals surface area contributed by atoms with Gasteiger partial charge in [0.05, 0.1) is 67.0 Å². The first kappa shape index (κ1) is 74.0. The molecule has 31 nitrogen and oxygen atoms in total. The van der Waals surface area contributed by atoms with Crippen LogP contribution < -0.4 is 21.3 Å². The number of nitrogens with one attached hydrogen (secondary N) is 7. The van der Waals surface area contributed by atoms with Crippen molar-refractivity contribution in [1.29, 1.82) is 0 Å². The third-order valence-electron chi connectivity index (χ3n) is 17.5. The minimum Gasteiger partial charge on any atom is -0.450 e. The van der Waals surface area contributed by atoms with Crippen LogP contribution in [0.15, 0.2) is 141 Å². The van der Waals surface area contributed by atoms with Crippen molar-refractivity contribution in [2.45, 2.75) is 73.3 Å². The molecule has 2 aliphatic rings. The van der Waals surface area contributed by atoms with E-state index in [0.29, 0.717) is 52.0 Å². The van der Waals surface area contributed by atoms with Crippen LogP contribution in [-0.4, -0.2) is 223 Å². The normalized spacial score (nSPS) is 14.0. The van der Waals surface area contributed by atoms with Gasteiger partial charge in [-0.2, -0.15) is 0 Å². The number of anilines is 3. The molecule has 11 heterocycles. The highest BCUT2D eigenvalue weighted by Crippen LogP contribution is 2.36. The fourth-order valence-corrected chi connectivity index (χ4v) is 11.9. The number of amides is 3. The maximum absolute atomic E-state index is 11.9. The van der Waals surface area contributed by atoms with Crippen molar-refractivity contribution in [3.63, 3.8) is 0 Å². The molecule has 9 aromatic heterocycles. The maximum atomic E-state index is 11.9. The van der Waals surface area contributed by atoms with Crippen molar-refractivity contribution in [3.8, 4) is 67.5 Å². The van der Waals surface area contributed by atoms with Crippen molar-refractivity contribution >= 4 is 69.2 Å². The highest BCUT2D eigenvalue weighted by molar-refractivity contribution is 5.99. The predicted molar refractivity (Wildman–Crippen MR) is 404 cm³/mol. The number of hydrogen-bond donors (Lipinski definition) is 7. The van der Waals surface area contributed by atoms with Crippen molar-refractivity contribution < 1.29 is 33.3 Å². The molecule has 548 valence electrons. The molecule has 2 aliphatic heterocycles. The summed E-state index contributed by atoms with van der Waals surface area (Å²) in [6.45, 7) is 23.3. The number of aromatic nitrogens is 16. The van der Waals surface area contributed by atoms with Crippen molar-refractivity contribution in [2.75, 3.05) is 109 Å². The van der Waals surface area contributed by atoms with Crippen LogP contribution in [0.3, 0.4) is 0 Å². The van der Waals surface area contributed by atoms with Gasteiger partial charge in [-0.05, 0) is 139 Å². The lowest BCUT2D eigenvalue weighted by Crippen LogP contribution is -2.43. The Bertz CT molecular complexity index is 4870. The Labute approximate surface area is 612 Å². The average molecular weight is 1440 g/mol. The number of carbonyl (C=O) groups is 3. The number of carbonyl (C=O) groups excluding carboxylic acids is 3. The molecule has 2 saturated heterocycles. The van der Waals surface area contributed by atoms with E-state index in [2.05, 4.69) is 170 Å². The van der Waals surface area contributed by atoms with E-state index in [4.69, 9.17) is 28.9 Å². The zero-order valence-corrected chi connectivity index (χ0v) is 60.5. The number of nitrogens with zero attached hydrogens (tertiary/aromatic N) is 17. The molecule has 31 heteroatoms. The number of H-pyrrole nitrogens is 3. The molecule has 106 heavy (non-hydrogen) atoms. The van der Waals surface area contributed by atoms with Crippen LogP contribution in [-0.2, 0) is 38.6 Å². The van der Waals surface area contributed by atoms with E-state index in [-0.39, 0.29) is 31.9 Å². The van der Waals surface area contributed by atoms with Crippen molar-refractivity contribution in [1.82, 2.24) is 105 Å². The van der Waals surface area contributed by atoms with Crippen LogP contribution in [0, 0.1) is 0 Å². The second-order valence-electron chi connectivity index (χ2n) is 25.5. The Hall–Kier alpha value is -11.7. The predicted octanol–water partition coefficient (Wildman–Crippen LogP) is 10.7. The zero-order chi connectivity index (χ0) is 73.9. The molecule has 14 rings (SSSR count). The Kier molecular flexibility index (Phi) is 24.9. The Balaban J connectivity index is 0.000000149. The molecule has 12 aromatic rings. The van der Waals surface area contributed by atoms with E-state index in [1.807, 2.05) is 61.2 Å². The summed E-state index contributed by atoms with van der Waals surface area (Å²) < 4.78 is 20.5. The van der Waals surface area contributed by atoms with E-state index in [1.165, 1.54) is 0 Å². The lowest BCUT2D eigenvalue weighted by Gasteiger charge is -2.30. The van der Waals surface area contributed by atoms with E-state index in [0.717, 1.165) is 162 Å². The van der Waals surface area contributed by atoms with Gasteiger partial charge in [0, 0.05) is 167 Å². The molecule has 0 saturated carbocycles. The topological polar surface area (TPSA) is 364 Å². The molecule has 3 aromatic carbocycles. The second-order valence-corrected chi connectivity index (χ2v) is 25.5. The fourth-order valence-electron chi connectivity index (χ4n) is 11.9. The maximum Gasteiger partial charge on any atom is 0.413 e. The quantitative estimate of drug-likeness (QED) is 0.0310. The molecule has 7 N–H and O–H groups in total. The summed E-state index contributed by atoms with van der Waals surface area (Å²) in [5, 5.41) is 11.2. The highest BCUT2D eigenvalue weighted by atomic mass is 16.6.